The van der Waals surface area contributed by atoms with E-state index < -0.39 is 241 Å². The Balaban J connectivity index is 1.33. The number of hydrogen-bond acceptors (Lipinski definition) is 31. The standard InChI is InChI=1S/C42H71N3O31/c1-10(50)43-19-29(60)34(16(7-49)68-37(19)65)74-41-33(64)35(75-40-32(63)30(61)24(55)15(6-48)71-40)26(57)18(72-41)9-67-42-36(76-39-21(45-12(3)52)28(59)23(54)14(5-47)70-39)31(62)25(56)17(73-42)8-66-38-20(44-11(2)51)27(58)22(53)13(4-46)69-38/h13-42,46-49,53-65H,4-9H2,1-3H3,(H,43,50)(H,44,51)(H,45,52)/t13-,14-,15-,16-,17-,18-,19-,20-,21-,22-,23-,24-,25-,26-,27-,28-,29-,30+,31+,32+,33+,34-,35+,36+,37?,38-,39+,40-,41+,42+/m1/s1. The van der Waals surface area contributed by atoms with Crippen molar-refractivity contribution in [3.63, 3.8) is 0 Å². The minimum absolute atomic E-state index is 0.727. The Bertz CT molecular complexity index is 1870. The van der Waals surface area contributed by atoms with Crippen molar-refractivity contribution in [3.8, 4) is 0 Å². The summed E-state index contributed by atoms with van der Waals surface area (Å²) < 4.78 is 63.6. The molecule has 34 heteroatoms. The third-order valence-electron chi connectivity index (χ3n) is 13.6. The second-order valence-electron chi connectivity index (χ2n) is 19.0. The van der Waals surface area contributed by atoms with Crippen LogP contribution in [0.1, 0.15) is 20.8 Å². The summed E-state index contributed by atoms with van der Waals surface area (Å²) in [6.07, 6.45) is -51.8. The Morgan fingerprint density at radius 2 is 0.724 bits per heavy atom. The van der Waals surface area contributed by atoms with E-state index in [0.29, 0.717) is 0 Å². The average molecular weight is 1110 g/mol. The molecular formula is C42H71N3O31. The van der Waals surface area contributed by atoms with Crippen LogP contribution in [-0.4, -0.2) is 328 Å². The lowest BCUT2D eigenvalue weighted by atomic mass is 9.95. The van der Waals surface area contributed by atoms with Gasteiger partial charge in [-0.2, -0.15) is 0 Å². The molecule has 0 spiro atoms. The molecule has 0 aliphatic carbocycles. The predicted octanol–water partition coefficient (Wildman–Crippen LogP) is -13.7. The summed E-state index contributed by atoms with van der Waals surface area (Å²) in [4.78, 5) is 36.4. The molecule has 76 heavy (non-hydrogen) atoms. The van der Waals surface area contributed by atoms with E-state index in [4.69, 9.17) is 52.1 Å². The third kappa shape index (κ3) is 13.9. The first kappa shape index (κ1) is 62.5. The van der Waals surface area contributed by atoms with Gasteiger partial charge in [0.1, 0.15) is 146 Å². The van der Waals surface area contributed by atoms with Crippen molar-refractivity contribution in [1.82, 2.24) is 16.0 Å². The molecule has 6 rings (SSSR count). The van der Waals surface area contributed by atoms with Gasteiger partial charge >= 0.3 is 0 Å². The Morgan fingerprint density at radius 3 is 1.25 bits per heavy atom. The van der Waals surface area contributed by atoms with Crippen molar-refractivity contribution in [1.29, 1.82) is 0 Å². The molecule has 6 fully saturated rings. The molecule has 1 unspecified atom stereocenters. The zero-order valence-corrected chi connectivity index (χ0v) is 40.9. The maximum absolute atomic E-state index is 12.3. The van der Waals surface area contributed by atoms with E-state index in [-0.39, 0.29) is 0 Å². The maximum atomic E-state index is 12.3. The molecule has 6 aliphatic heterocycles. The fourth-order valence-electron chi connectivity index (χ4n) is 9.50. The topological polar surface area (TPSA) is 533 Å². The van der Waals surface area contributed by atoms with Crippen LogP contribution in [0.2, 0.25) is 0 Å². The first-order valence-electron chi connectivity index (χ1n) is 24.1. The summed E-state index contributed by atoms with van der Waals surface area (Å²) in [6, 6.07) is -4.81. The lowest BCUT2D eigenvalue weighted by Crippen LogP contribution is -2.69. The Morgan fingerprint density at radius 1 is 0.342 bits per heavy atom. The quantitative estimate of drug-likeness (QED) is 0.0571. The van der Waals surface area contributed by atoms with Crippen molar-refractivity contribution in [2.45, 2.75) is 205 Å². The van der Waals surface area contributed by atoms with Crippen molar-refractivity contribution in [2.75, 3.05) is 39.6 Å². The normalized spacial score (nSPS) is 48.2. The molecule has 6 aliphatic rings. The van der Waals surface area contributed by atoms with E-state index in [1.54, 1.807) is 0 Å². The summed E-state index contributed by atoms with van der Waals surface area (Å²) >= 11 is 0. The lowest BCUT2D eigenvalue weighted by molar-refractivity contribution is -0.385. The molecule has 0 aromatic carbocycles. The van der Waals surface area contributed by atoms with Gasteiger partial charge in [-0.25, -0.2) is 0 Å². The Hall–Kier alpha value is -2.71. The lowest BCUT2D eigenvalue weighted by Gasteiger charge is -2.49. The molecule has 34 nitrogen and oxygen atoms in total. The largest absolute Gasteiger partial charge is 0.394 e. The van der Waals surface area contributed by atoms with Crippen LogP contribution in [0.4, 0.5) is 0 Å². The smallest absolute Gasteiger partial charge is 0.217 e. The van der Waals surface area contributed by atoms with Gasteiger partial charge in [0, 0.05) is 20.8 Å². The van der Waals surface area contributed by atoms with Crippen LogP contribution in [0, 0.1) is 0 Å². The van der Waals surface area contributed by atoms with Gasteiger partial charge in [0.25, 0.3) is 0 Å². The van der Waals surface area contributed by atoms with Crippen LogP contribution in [0.15, 0.2) is 0 Å². The van der Waals surface area contributed by atoms with Gasteiger partial charge < -0.3 is 155 Å². The highest BCUT2D eigenvalue weighted by Gasteiger charge is 2.57. The second-order valence-corrected chi connectivity index (χ2v) is 19.0. The van der Waals surface area contributed by atoms with Crippen LogP contribution < -0.4 is 16.0 Å². The van der Waals surface area contributed by atoms with Gasteiger partial charge in [-0.05, 0) is 0 Å². The number of rotatable bonds is 19. The SMILES string of the molecule is CC(=O)N[C@H]1[C@H](OC[C@H]2O[C@H](OC[C@H]3O[C@@H](O[C@H]4[C@H](O)[C@@H](NC(C)=O)C(O)O[C@@H]4CO)[C@@H](O)[C@@H](O[C@H]4O[C@H](CO)[C@@H](O)[C@H](O)[C@@H]4O)[C@@H]3O)[C@@H](O[C@@H]3O[C@H](CO)[C@@H](O)[C@H](O)[C@H]3NC(C)=O)[C@@H](O)[C@@H]2O)O[C@H](CO)[C@@H](O)[C@@H]1O. The zero-order valence-electron chi connectivity index (χ0n) is 40.9. The fraction of sp³-hybridized carbons (Fsp3) is 0.929. The van der Waals surface area contributed by atoms with Gasteiger partial charge in [0.15, 0.2) is 37.7 Å². The molecular weight excluding hydrogens is 1040 g/mol. The molecule has 0 aromatic rings. The highest BCUT2D eigenvalue weighted by molar-refractivity contribution is 5.74. The highest BCUT2D eigenvalue weighted by Crippen LogP contribution is 2.35. The number of aliphatic hydroxyl groups excluding tert-OH is 17. The number of nitrogens with one attached hydrogen (secondary N) is 3. The molecule has 0 aromatic heterocycles. The van der Waals surface area contributed by atoms with Crippen LogP contribution in [-0.2, 0) is 66.5 Å². The van der Waals surface area contributed by atoms with Crippen LogP contribution in [0.3, 0.4) is 0 Å². The summed E-state index contributed by atoms with van der Waals surface area (Å²) in [5, 5.41) is 190. The second kappa shape index (κ2) is 27.2. The third-order valence-corrected chi connectivity index (χ3v) is 13.6. The molecule has 20 N–H and O–H groups in total. The van der Waals surface area contributed by atoms with Gasteiger partial charge in [-0.15, -0.1) is 0 Å². The van der Waals surface area contributed by atoms with E-state index in [2.05, 4.69) is 16.0 Å². The van der Waals surface area contributed by atoms with Gasteiger partial charge in [0.05, 0.1) is 39.6 Å². The summed E-state index contributed by atoms with van der Waals surface area (Å²) in [5.41, 5.74) is 0. The van der Waals surface area contributed by atoms with E-state index in [0.717, 1.165) is 20.8 Å². The molecule has 0 radical (unpaired) electrons. The highest BCUT2D eigenvalue weighted by atomic mass is 16.8. The number of amides is 3. The number of ether oxygens (including phenoxy) is 11. The van der Waals surface area contributed by atoms with Crippen LogP contribution >= 0.6 is 0 Å². The fourth-order valence-corrected chi connectivity index (χ4v) is 9.50. The monoisotopic (exact) mass is 1110 g/mol. The number of hydrogen-bond donors (Lipinski definition) is 20. The van der Waals surface area contributed by atoms with Gasteiger partial charge in [0.2, 0.25) is 17.7 Å². The molecule has 0 saturated carbocycles. The average Bonchev–Trinajstić information content (AvgIpc) is 3.38. The molecule has 6 heterocycles. The minimum Gasteiger partial charge on any atom is -0.394 e. The zero-order chi connectivity index (χ0) is 56.2. The van der Waals surface area contributed by atoms with E-state index >= 15 is 0 Å². The summed E-state index contributed by atoms with van der Waals surface area (Å²) in [7, 11) is 0. The maximum Gasteiger partial charge on any atom is 0.217 e. The van der Waals surface area contributed by atoms with Crippen molar-refractivity contribution in [3.05, 3.63) is 0 Å². The minimum atomic E-state index is -2.25. The Kier molecular flexibility index (Phi) is 22.3. The van der Waals surface area contributed by atoms with Crippen LogP contribution in [0.5, 0.6) is 0 Å². The van der Waals surface area contributed by atoms with E-state index in [9.17, 15) is 101 Å². The van der Waals surface area contributed by atoms with E-state index in [1.807, 2.05) is 0 Å². The van der Waals surface area contributed by atoms with Crippen molar-refractivity contribution < 1.29 is 153 Å². The molecule has 6 saturated heterocycles. The molecule has 3 amide bonds. The van der Waals surface area contributed by atoms with Crippen molar-refractivity contribution >= 4 is 17.7 Å². The number of aliphatic hydroxyl groups is 17. The molecule has 30 atom stereocenters. The van der Waals surface area contributed by atoms with Crippen LogP contribution in [0.25, 0.3) is 0 Å². The first-order chi connectivity index (χ1) is 35.9. The number of carbonyl (C=O) groups is 3. The van der Waals surface area contributed by atoms with Gasteiger partial charge in [-0.1, -0.05) is 0 Å². The van der Waals surface area contributed by atoms with E-state index in [1.165, 1.54) is 0 Å². The predicted molar refractivity (Wildman–Crippen MR) is 234 cm³/mol. The Labute approximate surface area is 431 Å². The molecule has 440 valence electrons. The van der Waals surface area contributed by atoms with Crippen molar-refractivity contribution in [2.24, 2.45) is 0 Å². The first-order valence-corrected chi connectivity index (χ1v) is 24.1. The summed E-state index contributed by atoms with van der Waals surface area (Å²) in [5.74, 6) is -2.29. The number of carbonyl (C=O) groups excluding carboxylic acids is 3. The molecule has 0 bridgehead atoms. The summed E-state index contributed by atoms with van der Waals surface area (Å²) in [6.45, 7) is -2.43. The van der Waals surface area contributed by atoms with Gasteiger partial charge in [-0.3, -0.25) is 14.4 Å².